The highest BCUT2D eigenvalue weighted by Gasteiger charge is 2.28. The fraction of sp³-hybridized carbons (Fsp3) is 0.730. The van der Waals surface area contributed by atoms with E-state index in [2.05, 4.69) is 96.8 Å². The molecule has 0 aliphatic rings. The zero-order chi connectivity index (χ0) is 28.9. The summed E-state index contributed by atoms with van der Waals surface area (Å²) in [5, 5.41) is 0. The fourth-order valence-corrected chi connectivity index (χ4v) is 8.50. The summed E-state index contributed by atoms with van der Waals surface area (Å²) in [7, 11) is 0. The number of hydrogen-bond donors (Lipinski definition) is 0. The smallest absolute Gasteiger partial charge is 0.0477 e. The second-order valence-corrected chi connectivity index (χ2v) is 15.5. The molecule has 2 aromatic rings. The van der Waals surface area contributed by atoms with E-state index in [0.717, 1.165) is 0 Å². The lowest BCUT2D eigenvalue weighted by Gasteiger charge is -2.23. The molecular weight excluding hydrogens is 509 g/mol. The van der Waals surface area contributed by atoms with Gasteiger partial charge in [-0.15, -0.1) is 22.7 Å². The second-order valence-electron chi connectivity index (χ2n) is 13.4. The summed E-state index contributed by atoms with van der Waals surface area (Å²) in [5.41, 5.74) is 5.19. The van der Waals surface area contributed by atoms with Gasteiger partial charge in [-0.25, -0.2) is 0 Å². The third-order valence-corrected chi connectivity index (χ3v) is 12.1. The van der Waals surface area contributed by atoms with Crippen LogP contribution in [0.1, 0.15) is 173 Å². The van der Waals surface area contributed by atoms with Gasteiger partial charge in [0.1, 0.15) is 0 Å². The van der Waals surface area contributed by atoms with Gasteiger partial charge in [0, 0.05) is 19.5 Å². The van der Waals surface area contributed by atoms with Crippen LogP contribution in [0.3, 0.4) is 0 Å². The van der Waals surface area contributed by atoms with E-state index in [-0.39, 0.29) is 10.8 Å². The summed E-state index contributed by atoms with van der Waals surface area (Å²) < 4.78 is 0. The SMILES string of the molecule is C=C(CCC)CCCCc1cc(-c2sc(C(C)(C)CCCCCC)cc2CCCCCC)sc1C(C)(C)CC. The first kappa shape index (κ1) is 34.3. The van der Waals surface area contributed by atoms with Gasteiger partial charge in [-0.3, -0.25) is 0 Å². The Kier molecular flexibility index (Phi) is 15.1. The van der Waals surface area contributed by atoms with Crippen LogP contribution in [-0.2, 0) is 23.7 Å². The average molecular weight is 571 g/mol. The Morgan fingerprint density at radius 3 is 1.95 bits per heavy atom. The van der Waals surface area contributed by atoms with E-state index in [0.29, 0.717) is 0 Å². The number of unbranched alkanes of at least 4 members (excludes halogenated alkanes) is 7. The van der Waals surface area contributed by atoms with Gasteiger partial charge in [0.25, 0.3) is 0 Å². The number of aryl methyl sites for hydroxylation is 2. The molecule has 0 atom stereocenters. The predicted octanol–water partition coefficient (Wildman–Crippen LogP) is 13.6. The quantitative estimate of drug-likeness (QED) is 0.103. The summed E-state index contributed by atoms with van der Waals surface area (Å²) in [6.45, 7) is 23.5. The Morgan fingerprint density at radius 1 is 0.667 bits per heavy atom. The maximum absolute atomic E-state index is 4.30. The van der Waals surface area contributed by atoms with Crippen molar-refractivity contribution in [2.75, 3.05) is 0 Å². The minimum atomic E-state index is 0.240. The van der Waals surface area contributed by atoms with Gasteiger partial charge in [-0.2, -0.15) is 0 Å². The van der Waals surface area contributed by atoms with Crippen LogP contribution < -0.4 is 0 Å². The molecule has 0 unspecified atom stereocenters. The molecule has 2 aromatic heterocycles. The average Bonchev–Trinajstić information content (AvgIpc) is 3.53. The zero-order valence-electron chi connectivity index (χ0n) is 27.2. The Balaban J connectivity index is 2.36. The lowest BCUT2D eigenvalue weighted by molar-refractivity contribution is 0.453. The van der Waals surface area contributed by atoms with Gasteiger partial charge >= 0.3 is 0 Å². The molecule has 0 bridgehead atoms. The number of allylic oxidation sites excluding steroid dienone is 1. The first-order valence-corrected chi connectivity index (χ1v) is 18.2. The van der Waals surface area contributed by atoms with E-state index in [1.165, 1.54) is 115 Å². The van der Waals surface area contributed by atoms with Crippen molar-refractivity contribution in [2.24, 2.45) is 0 Å². The van der Waals surface area contributed by atoms with Crippen LogP contribution >= 0.6 is 22.7 Å². The summed E-state index contributed by atoms with van der Waals surface area (Å²) in [6.07, 6.45) is 21.8. The van der Waals surface area contributed by atoms with Crippen molar-refractivity contribution in [3.63, 3.8) is 0 Å². The van der Waals surface area contributed by atoms with Crippen molar-refractivity contribution < 1.29 is 0 Å². The van der Waals surface area contributed by atoms with Gasteiger partial charge in [0.2, 0.25) is 0 Å². The second kappa shape index (κ2) is 17.2. The first-order valence-electron chi connectivity index (χ1n) is 16.5. The Hall–Kier alpha value is -0.860. The van der Waals surface area contributed by atoms with Crippen molar-refractivity contribution in [3.05, 3.63) is 45.2 Å². The van der Waals surface area contributed by atoms with Crippen LogP contribution in [0.2, 0.25) is 0 Å². The van der Waals surface area contributed by atoms with Crippen molar-refractivity contribution in [2.45, 2.75) is 175 Å². The number of thiophene rings is 2. The van der Waals surface area contributed by atoms with Crippen LogP contribution in [0.4, 0.5) is 0 Å². The molecule has 2 heteroatoms. The molecule has 0 aromatic carbocycles. The summed E-state index contributed by atoms with van der Waals surface area (Å²) in [5.74, 6) is 0. The highest BCUT2D eigenvalue weighted by molar-refractivity contribution is 7.22. The largest absolute Gasteiger partial charge is 0.139 e. The molecule has 0 N–H and O–H groups in total. The molecule has 39 heavy (non-hydrogen) atoms. The minimum Gasteiger partial charge on any atom is -0.139 e. The van der Waals surface area contributed by atoms with E-state index < -0.39 is 0 Å². The molecular formula is C37H62S2. The molecule has 2 heterocycles. The summed E-state index contributed by atoms with van der Waals surface area (Å²) in [6, 6.07) is 5.23. The van der Waals surface area contributed by atoms with Gasteiger partial charge in [0.15, 0.2) is 0 Å². The molecule has 0 spiro atoms. The van der Waals surface area contributed by atoms with Crippen molar-refractivity contribution >= 4 is 22.7 Å². The Morgan fingerprint density at radius 2 is 1.31 bits per heavy atom. The van der Waals surface area contributed by atoms with Crippen LogP contribution in [0.25, 0.3) is 9.75 Å². The molecule has 0 aliphatic heterocycles. The Labute approximate surface area is 252 Å². The zero-order valence-corrected chi connectivity index (χ0v) is 28.8. The van der Waals surface area contributed by atoms with Gasteiger partial charge in [-0.1, -0.05) is 119 Å². The number of hydrogen-bond acceptors (Lipinski definition) is 2. The fourth-order valence-electron chi connectivity index (χ4n) is 5.64. The molecule has 0 saturated carbocycles. The van der Waals surface area contributed by atoms with Gasteiger partial charge in [-0.05, 0) is 91.9 Å². The Bertz CT molecular complexity index is 968. The highest BCUT2D eigenvalue weighted by atomic mass is 32.1. The number of rotatable bonds is 21. The topological polar surface area (TPSA) is 0 Å². The maximum atomic E-state index is 4.30. The molecule has 222 valence electrons. The first-order chi connectivity index (χ1) is 18.6. The lowest BCUT2D eigenvalue weighted by atomic mass is 9.84. The van der Waals surface area contributed by atoms with Crippen molar-refractivity contribution in [3.8, 4) is 9.75 Å². The molecule has 0 radical (unpaired) electrons. The molecule has 0 fully saturated rings. The summed E-state index contributed by atoms with van der Waals surface area (Å²) >= 11 is 4.24. The molecule has 2 rings (SSSR count). The van der Waals surface area contributed by atoms with E-state index in [1.54, 1.807) is 30.6 Å². The normalized spacial score (nSPS) is 12.4. The summed E-state index contributed by atoms with van der Waals surface area (Å²) in [4.78, 5) is 6.38. The van der Waals surface area contributed by atoms with Crippen molar-refractivity contribution in [1.29, 1.82) is 0 Å². The third kappa shape index (κ3) is 10.8. The van der Waals surface area contributed by atoms with Crippen LogP contribution in [0, 0.1) is 0 Å². The monoisotopic (exact) mass is 570 g/mol. The molecule has 0 aliphatic carbocycles. The third-order valence-electron chi connectivity index (χ3n) is 8.79. The lowest BCUT2D eigenvalue weighted by Crippen LogP contribution is -2.15. The van der Waals surface area contributed by atoms with E-state index >= 15 is 0 Å². The van der Waals surface area contributed by atoms with E-state index in [9.17, 15) is 0 Å². The van der Waals surface area contributed by atoms with E-state index in [4.69, 9.17) is 0 Å². The minimum absolute atomic E-state index is 0.240. The van der Waals surface area contributed by atoms with Gasteiger partial charge in [0.05, 0.1) is 0 Å². The standard InChI is InChI=1S/C37H62S2/c1-10-14-16-18-24-30-28-33(37(8,9)26-21-17-15-11-2)39-34(30)32-27-31(35(38-32)36(6,7)13-4)25-20-19-23-29(5)22-12-3/h27-28H,5,10-26H2,1-4,6-9H3. The maximum Gasteiger partial charge on any atom is 0.0477 e. The molecule has 0 amide bonds. The predicted molar refractivity (Wildman–Crippen MR) is 182 cm³/mol. The van der Waals surface area contributed by atoms with E-state index in [1.807, 2.05) is 0 Å². The van der Waals surface area contributed by atoms with Crippen LogP contribution in [0.5, 0.6) is 0 Å². The molecule has 0 saturated heterocycles. The molecule has 0 nitrogen and oxygen atoms in total. The highest BCUT2D eigenvalue weighted by Crippen LogP contribution is 2.47. The van der Waals surface area contributed by atoms with Crippen LogP contribution in [-0.4, -0.2) is 0 Å². The van der Waals surface area contributed by atoms with Crippen LogP contribution in [0.15, 0.2) is 24.3 Å². The van der Waals surface area contributed by atoms with Crippen molar-refractivity contribution in [1.82, 2.24) is 0 Å². The van der Waals surface area contributed by atoms with Gasteiger partial charge < -0.3 is 0 Å².